The molecule has 0 aliphatic rings. The summed E-state index contributed by atoms with van der Waals surface area (Å²) in [5.41, 5.74) is 4.88. The number of anilines is 2. The number of aryl methyl sites for hydroxylation is 3. The van der Waals surface area contributed by atoms with E-state index in [2.05, 4.69) is 25.3 Å². The van der Waals surface area contributed by atoms with Crippen LogP contribution in [0.15, 0.2) is 47.3 Å². The highest BCUT2D eigenvalue weighted by Crippen LogP contribution is 2.26. The quantitative estimate of drug-likeness (QED) is 0.525. The van der Waals surface area contributed by atoms with Crippen LogP contribution < -0.4 is 15.6 Å². The van der Waals surface area contributed by atoms with E-state index in [1.165, 1.54) is 5.56 Å². The zero-order valence-corrected chi connectivity index (χ0v) is 17.4. The number of nitrogens with one attached hydrogen (secondary N) is 2. The number of benzene rings is 2. The number of methoxy groups -OCH3 is 1. The van der Waals surface area contributed by atoms with Crippen LogP contribution in [-0.4, -0.2) is 27.0 Å². The van der Waals surface area contributed by atoms with E-state index in [-0.39, 0.29) is 5.56 Å². The number of aromatic nitrogens is 4. The van der Waals surface area contributed by atoms with Gasteiger partial charge in [0.1, 0.15) is 11.3 Å². The molecule has 2 N–H and O–H groups in total. The van der Waals surface area contributed by atoms with Gasteiger partial charge in [0.2, 0.25) is 11.9 Å². The summed E-state index contributed by atoms with van der Waals surface area (Å²) in [7, 11) is 1.61. The average molecular weight is 401 g/mol. The number of rotatable bonds is 5. The molecule has 0 radical (unpaired) electrons. The molecule has 0 fully saturated rings. The van der Waals surface area contributed by atoms with Crippen LogP contribution in [0, 0.1) is 20.8 Å². The molecular weight excluding hydrogens is 378 g/mol. The second-order valence-corrected chi connectivity index (χ2v) is 7.25. The Hall–Kier alpha value is -3.74. The number of para-hydroxylation sites is 1. The molecule has 0 aliphatic heterocycles. The minimum atomic E-state index is -0.180. The first kappa shape index (κ1) is 19.6. The van der Waals surface area contributed by atoms with E-state index in [9.17, 15) is 4.79 Å². The second-order valence-electron chi connectivity index (χ2n) is 7.25. The molecule has 0 atom stereocenters. The molecule has 2 aromatic carbocycles. The van der Waals surface area contributed by atoms with Crippen molar-refractivity contribution in [3.8, 4) is 5.75 Å². The molecule has 0 saturated carbocycles. The van der Waals surface area contributed by atoms with Gasteiger partial charge < -0.3 is 4.74 Å². The Morgan fingerprint density at radius 3 is 2.43 bits per heavy atom. The third-order valence-corrected chi connectivity index (χ3v) is 5.05. The number of ether oxygens (including phenoxy) is 1. The number of aromatic amines is 1. The molecule has 2 aromatic heterocycles. The lowest BCUT2D eigenvalue weighted by Crippen LogP contribution is -2.19. The van der Waals surface area contributed by atoms with Gasteiger partial charge in [0.05, 0.1) is 18.5 Å². The maximum absolute atomic E-state index is 12.7. The Labute approximate surface area is 174 Å². The summed E-state index contributed by atoms with van der Waals surface area (Å²) in [6.45, 7) is 5.77. The molecule has 0 aliphatic carbocycles. The Bertz CT molecular complexity index is 1280. The van der Waals surface area contributed by atoms with Gasteiger partial charge in [0.25, 0.3) is 5.56 Å². The van der Waals surface area contributed by atoms with Crippen molar-refractivity contribution in [1.82, 2.24) is 19.9 Å². The second kappa shape index (κ2) is 7.94. The standard InChI is InChI=1S/C23H23N5O2/c1-13-8-10-16(11-9-13)12-18-15(3)25-23(27-21(18)29)28-22-24-14(2)17-6-5-7-19(30-4)20(17)26-22/h5-11H,12H2,1-4H3,(H2,24,25,26,27,28,29). The number of fused-ring (bicyclic) bond motifs is 1. The third kappa shape index (κ3) is 3.87. The van der Waals surface area contributed by atoms with Crippen LogP contribution >= 0.6 is 0 Å². The van der Waals surface area contributed by atoms with Gasteiger partial charge >= 0.3 is 0 Å². The van der Waals surface area contributed by atoms with Crippen molar-refractivity contribution >= 4 is 22.8 Å². The smallest absolute Gasteiger partial charge is 0.256 e. The van der Waals surface area contributed by atoms with Crippen molar-refractivity contribution in [2.45, 2.75) is 27.2 Å². The number of nitrogens with zero attached hydrogens (tertiary/aromatic N) is 3. The fourth-order valence-electron chi connectivity index (χ4n) is 3.39. The van der Waals surface area contributed by atoms with E-state index in [0.29, 0.717) is 40.8 Å². The normalized spacial score (nSPS) is 10.9. The largest absolute Gasteiger partial charge is 0.494 e. The highest BCUT2D eigenvalue weighted by atomic mass is 16.5. The van der Waals surface area contributed by atoms with Crippen LogP contribution in [0.3, 0.4) is 0 Å². The summed E-state index contributed by atoms with van der Waals surface area (Å²) in [6.07, 6.45) is 0.525. The predicted octanol–water partition coefficient (Wildman–Crippen LogP) is 3.98. The molecule has 7 nitrogen and oxygen atoms in total. The van der Waals surface area contributed by atoms with E-state index in [0.717, 1.165) is 16.6 Å². The fraction of sp³-hybridized carbons (Fsp3) is 0.217. The first-order chi connectivity index (χ1) is 14.4. The van der Waals surface area contributed by atoms with Gasteiger partial charge in [0, 0.05) is 17.4 Å². The third-order valence-electron chi connectivity index (χ3n) is 5.05. The summed E-state index contributed by atoms with van der Waals surface area (Å²) in [5, 5.41) is 3.93. The Kier molecular flexibility index (Phi) is 5.18. The monoisotopic (exact) mass is 401 g/mol. The van der Waals surface area contributed by atoms with Crippen molar-refractivity contribution in [2.75, 3.05) is 12.4 Å². The lowest BCUT2D eigenvalue weighted by Gasteiger charge is -2.11. The van der Waals surface area contributed by atoms with Crippen LogP contribution in [-0.2, 0) is 6.42 Å². The molecule has 0 spiro atoms. The van der Waals surface area contributed by atoms with Crippen LogP contribution in [0.1, 0.15) is 28.1 Å². The van der Waals surface area contributed by atoms with E-state index < -0.39 is 0 Å². The number of H-pyrrole nitrogens is 1. The number of hydrogen-bond donors (Lipinski definition) is 2. The number of hydrogen-bond acceptors (Lipinski definition) is 6. The molecule has 0 unspecified atom stereocenters. The van der Waals surface area contributed by atoms with E-state index >= 15 is 0 Å². The van der Waals surface area contributed by atoms with Crippen LogP contribution in [0.2, 0.25) is 0 Å². The SMILES string of the molecule is COc1cccc2c(C)nc(Nc3nc(C)c(Cc4ccc(C)cc4)c(=O)[nH]3)nc12. The molecule has 4 aromatic rings. The summed E-state index contributed by atoms with van der Waals surface area (Å²) in [4.78, 5) is 29.1. The molecule has 0 bridgehead atoms. The van der Waals surface area contributed by atoms with E-state index in [4.69, 9.17) is 4.74 Å². The molecule has 152 valence electrons. The average Bonchev–Trinajstić information content (AvgIpc) is 2.72. The lowest BCUT2D eigenvalue weighted by molar-refractivity contribution is 0.419. The maximum atomic E-state index is 12.7. The highest BCUT2D eigenvalue weighted by molar-refractivity contribution is 5.87. The zero-order chi connectivity index (χ0) is 21.3. The van der Waals surface area contributed by atoms with Crippen molar-refractivity contribution in [2.24, 2.45) is 0 Å². The van der Waals surface area contributed by atoms with Gasteiger partial charge in [-0.25, -0.2) is 15.0 Å². The first-order valence-corrected chi connectivity index (χ1v) is 9.68. The zero-order valence-electron chi connectivity index (χ0n) is 17.4. The topological polar surface area (TPSA) is 92.8 Å². The minimum Gasteiger partial charge on any atom is -0.494 e. The summed E-state index contributed by atoms with van der Waals surface area (Å²) < 4.78 is 5.41. The highest BCUT2D eigenvalue weighted by Gasteiger charge is 2.12. The van der Waals surface area contributed by atoms with Gasteiger partial charge in [-0.15, -0.1) is 0 Å². The molecule has 2 heterocycles. The van der Waals surface area contributed by atoms with Gasteiger partial charge in [-0.3, -0.25) is 15.1 Å². The van der Waals surface area contributed by atoms with Crippen LogP contribution in [0.5, 0.6) is 5.75 Å². The maximum Gasteiger partial charge on any atom is 0.256 e. The Morgan fingerprint density at radius 2 is 1.73 bits per heavy atom. The first-order valence-electron chi connectivity index (χ1n) is 9.68. The Morgan fingerprint density at radius 1 is 0.967 bits per heavy atom. The molecule has 4 rings (SSSR count). The summed E-state index contributed by atoms with van der Waals surface area (Å²) in [5.74, 6) is 1.31. The van der Waals surface area contributed by atoms with Crippen molar-refractivity contribution in [3.05, 3.63) is 80.9 Å². The lowest BCUT2D eigenvalue weighted by atomic mass is 10.0. The molecule has 7 heteroatoms. The fourth-order valence-corrected chi connectivity index (χ4v) is 3.39. The van der Waals surface area contributed by atoms with E-state index in [1.807, 2.05) is 63.2 Å². The van der Waals surface area contributed by atoms with Gasteiger partial charge in [-0.05, 0) is 32.4 Å². The van der Waals surface area contributed by atoms with Gasteiger partial charge in [-0.2, -0.15) is 0 Å². The summed E-state index contributed by atoms with van der Waals surface area (Å²) >= 11 is 0. The molecule has 0 saturated heterocycles. The minimum absolute atomic E-state index is 0.180. The van der Waals surface area contributed by atoms with Crippen LogP contribution in [0.25, 0.3) is 10.9 Å². The Balaban J connectivity index is 1.66. The van der Waals surface area contributed by atoms with Gasteiger partial charge in [0.15, 0.2) is 0 Å². The summed E-state index contributed by atoms with van der Waals surface area (Å²) in [6, 6.07) is 13.8. The van der Waals surface area contributed by atoms with Crippen molar-refractivity contribution in [3.63, 3.8) is 0 Å². The van der Waals surface area contributed by atoms with Gasteiger partial charge in [-0.1, -0.05) is 42.0 Å². The van der Waals surface area contributed by atoms with Crippen molar-refractivity contribution < 1.29 is 4.74 Å². The van der Waals surface area contributed by atoms with E-state index in [1.54, 1.807) is 7.11 Å². The predicted molar refractivity (Wildman–Crippen MR) is 118 cm³/mol. The molecule has 0 amide bonds. The molecule has 30 heavy (non-hydrogen) atoms. The van der Waals surface area contributed by atoms with Crippen LogP contribution in [0.4, 0.5) is 11.9 Å². The van der Waals surface area contributed by atoms with Crippen molar-refractivity contribution in [1.29, 1.82) is 0 Å². The molecular formula is C23H23N5O2.